The van der Waals surface area contributed by atoms with Crippen LogP contribution in [0.1, 0.15) is 27.7 Å². The first kappa shape index (κ1) is 20.7. The van der Waals surface area contributed by atoms with Crippen molar-refractivity contribution in [3.63, 3.8) is 0 Å². The molecule has 1 rings (SSSR count). The molecular formula is C15H31N5O3S. The van der Waals surface area contributed by atoms with Gasteiger partial charge < -0.3 is 16.0 Å². The number of carbonyl (C=O) groups excluding carboxylic acids is 1. The Morgan fingerprint density at radius 2 is 1.79 bits per heavy atom. The van der Waals surface area contributed by atoms with Crippen LogP contribution in [0.15, 0.2) is 4.99 Å². The molecule has 1 aliphatic heterocycles. The van der Waals surface area contributed by atoms with E-state index in [1.165, 1.54) is 0 Å². The molecule has 24 heavy (non-hydrogen) atoms. The van der Waals surface area contributed by atoms with Crippen LogP contribution >= 0.6 is 0 Å². The highest BCUT2D eigenvalue weighted by Gasteiger charge is 2.21. The number of nitrogens with one attached hydrogen (secondary N) is 3. The molecule has 0 aliphatic carbocycles. The summed E-state index contributed by atoms with van der Waals surface area (Å²) in [6.07, 6.45) is 0. The van der Waals surface area contributed by atoms with E-state index in [2.05, 4.69) is 25.8 Å². The Kier molecular flexibility index (Phi) is 7.95. The predicted octanol–water partition coefficient (Wildman–Crippen LogP) is -0.813. The summed E-state index contributed by atoms with van der Waals surface area (Å²) >= 11 is 0. The van der Waals surface area contributed by atoms with E-state index in [0.29, 0.717) is 32.1 Å². The first-order chi connectivity index (χ1) is 11.1. The van der Waals surface area contributed by atoms with Gasteiger partial charge in [0.15, 0.2) is 15.8 Å². The topological polar surface area (TPSA) is 103 Å². The van der Waals surface area contributed by atoms with Crippen LogP contribution in [0.2, 0.25) is 0 Å². The van der Waals surface area contributed by atoms with Gasteiger partial charge in [-0.15, -0.1) is 0 Å². The van der Waals surface area contributed by atoms with E-state index in [0.717, 1.165) is 6.54 Å². The van der Waals surface area contributed by atoms with E-state index < -0.39 is 9.84 Å². The minimum atomic E-state index is -2.84. The second-order valence-corrected chi connectivity index (χ2v) is 9.22. The van der Waals surface area contributed by atoms with Crippen molar-refractivity contribution in [3.8, 4) is 0 Å². The number of rotatable bonds is 6. The van der Waals surface area contributed by atoms with Gasteiger partial charge in [-0.05, 0) is 27.7 Å². The number of sulfone groups is 1. The Labute approximate surface area is 145 Å². The lowest BCUT2D eigenvalue weighted by molar-refractivity contribution is -0.121. The largest absolute Gasteiger partial charge is 0.357 e. The van der Waals surface area contributed by atoms with Crippen LogP contribution in [0.25, 0.3) is 0 Å². The van der Waals surface area contributed by atoms with Crippen molar-refractivity contribution in [1.82, 2.24) is 20.9 Å². The fourth-order valence-corrected chi connectivity index (χ4v) is 3.53. The molecule has 8 nitrogen and oxygen atoms in total. The van der Waals surface area contributed by atoms with E-state index in [1.54, 1.807) is 0 Å². The lowest BCUT2D eigenvalue weighted by Gasteiger charge is -2.26. The van der Waals surface area contributed by atoms with Gasteiger partial charge >= 0.3 is 0 Å². The standard InChI is InChI=1S/C15H31N5O3S/c1-5-16-14(18-12-13(21)19-15(2,3)4)17-6-7-20-8-10-24(22,23)11-9-20/h5-12H2,1-4H3,(H,19,21)(H2,16,17,18). The molecule has 0 spiro atoms. The third kappa shape index (κ3) is 9.07. The van der Waals surface area contributed by atoms with Gasteiger partial charge in [-0.1, -0.05) is 0 Å². The summed E-state index contributed by atoms with van der Waals surface area (Å²) in [5.41, 5.74) is -0.271. The Morgan fingerprint density at radius 1 is 1.17 bits per heavy atom. The highest BCUT2D eigenvalue weighted by Crippen LogP contribution is 2.02. The number of amides is 1. The second kappa shape index (κ2) is 9.22. The molecule has 0 unspecified atom stereocenters. The second-order valence-electron chi connectivity index (χ2n) is 6.91. The van der Waals surface area contributed by atoms with E-state index in [4.69, 9.17) is 0 Å². The van der Waals surface area contributed by atoms with Crippen molar-refractivity contribution < 1.29 is 13.2 Å². The Bertz CT molecular complexity index is 526. The normalized spacial score (nSPS) is 18.9. The molecule has 1 heterocycles. The van der Waals surface area contributed by atoms with E-state index in [9.17, 15) is 13.2 Å². The molecule has 0 aromatic rings. The van der Waals surface area contributed by atoms with Gasteiger partial charge in [0.25, 0.3) is 0 Å². The average molecular weight is 362 g/mol. The van der Waals surface area contributed by atoms with Crippen LogP contribution in [0.4, 0.5) is 0 Å². The first-order valence-electron chi connectivity index (χ1n) is 8.37. The summed E-state index contributed by atoms with van der Waals surface area (Å²) in [6.45, 7) is 11.0. The maximum Gasteiger partial charge on any atom is 0.242 e. The highest BCUT2D eigenvalue weighted by atomic mass is 32.2. The van der Waals surface area contributed by atoms with Crippen molar-refractivity contribution in [2.24, 2.45) is 4.99 Å². The number of guanidine groups is 1. The number of aliphatic imine (C=N–C) groups is 1. The molecule has 0 saturated carbocycles. The lowest BCUT2D eigenvalue weighted by Crippen LogP contribution is -2.46. The van der Waals surface area contributed by atoms with Crippen LogP contribution in [0.5, 0.6) is 0 Å². The summed E-state index contributed by atoms with van der Waals surface area (Å²) in [5, 5.41) is 9.14. The van der Waals surface area contributed by atoms with Gasteiger partial charge in [0.1, 0.15) is 6.54 Å². The molecule has 0 bridgehead atoms. The minimum absolute atomic E-state index is 0.0640. The zero-order chi connectivity index (χ0) is 18.2. The van der Waals surface area contributed by atoms with E-state index >= 15 is 0 Å². The average Bonchev–Trinajstić information content (AvgIpc) is 2.44. The molecule has 1 saturated heterocycles. The monoisotopic (exact) mass is 361 g/mol. The van der Waals surface area contributed by atoms with Crippen LogP contribution in [0, 0.1) is 0 Å². The SMILES string of the molecule is CCNC(=NCC(=O)NC(C)(C)C)NCCN1CCS(=O)(=O)CC1. The van der Waals surface area contributed by atoms with Crippen LogP contribution < -0.4 is 16.0 Å². The zero-order valence-corrected chi connectivity index (χ0v) is 16.0. The number of carbonyl (C=O) groups is 1. The summed E-state index contributed by atoms with van der Waals surface area (Å²) < 4.78 is 22.8. The summed E-state index contributed by atoms with van der Waals surface area (Å²) in [5.74, 6) is 0.926. The van der Waals surface area contributed by atoms with Crippen molar-refractivity contribution in [1.29, 1.82) is 0 Å². The van der Waals surface area contributed by atoms with Crippen molar-refractivity contribution >= 4 is 21.7 Å². The number of hydrogen-bond donors (Lipinski definition) is 3. The van der Waals surface area contributed by atoms with Crippen LogP contribution in [-0.2, 0) is 14.6 Å². The van der Waals surface area contributed by atoms with Gasteiger partial charge in [-0.25, -0.2) is 13.4 Å². The quantitative estimate of drug-likeness (QED) is 0.422. The highest BCUT2D eigenvalue weighted by molar-refractivity contribution is 7.91. The molecule has 1 amide bonds. The number of nitrogens with zero attached hydrogens (tertiary/aromatic N) is 2. The van der Waals surface area contributed by atoms with Gasteiger partial charge in [-0.3, -0.25) is 9.69 Å². The third-order valence-electron chi connectivity index (χ3n) is 3.40. The van der Waals surface area contributed by atoms with Crippen molar-refractivity contribution in [3.05, 3.63) is 0 Å². The molecular weight excluding hydrogens is 330 g/mol. The molecule has 9 heteroatoms. The Morgan fingerprint density at radius 3 is 2.33 bits per heavy atom. The van der Waals surface area contributed by atoms with Gasteiger partial charge in [0.2, 0.25) is 5.91 Å². The Balaban J connectivity index is 2.37. The van der Waals surface area contributed by atoms with Gasteiger partial charge in [0, 0.05) is 38.3 Å². The maximum atomic E-state index is 11.8. The number of hydrogen-bond acceptors (Lipinski definition) is 5. The molecule has 140 valence electrons. The van der Waals surface area contributed by atoms with Gasteiger partial charge in [-0.2, -0.15) is 0 Å². The molecule has 0 atom stereocenters. The first-order valence-corrected chi connectivity index (χ1v) is 10.2. The molecule has 0 aromatic heterocycles. The summed E-state index contributed by atoms with van der Waals surface area (Å²) in [7, 11) is -2.84. The summed E-state index contributed by atoms with van der Waals surface area (Å²) in [4.78, 5) is 18.2. The molecule has 3 N–H and O–H groups in total. The fraction of sp³-hybridized carbons (Fsp3) is 0.867. The van der Waals surface area contributed by atoms with Crippen LogP contribution in [-0.4, -0.2) is 81.5 Å². The van der Waals surface area contributed by atoms with Crippen molar-refractivity contribution in [2.45, 2.75) is 33.2 Å². The molecule has 1 fully saturated rings. The molecule has 1 aliphatic rings. The molecule has 0 radical (unpaired) electrons. The Hall–Kier alpha value is -1.35. The zero-order valence-electron chi connectivity index (χ0n) is 15.2. The van der Waals surface area contributed by atoms with E-state index in [-0.39, 0.29) is 29.5 Å². The van der Waals surface area contributed by atoms with Crippen molar-refractivity contribution in [2.75, 3.05) is 50.8 Å². The molecule has 0 aromatic carbocycles. The summed E-state index contributed by atoms with van der Waals surface area (Å²) in [6, 6.07) is 0. The smallest absolute Gasteiger partial charge is 0.242 e. The maximum absolute atomic E-state index is 11.8. The van der Waals surface area contributed by atoms with E-state index in [1.807, 2.05) is 27.7 Å². The predicted molar refractivity (Wildman–Crippen MR) is 97.0 cm³/mol. The van der Waals surface area contributed by atoms with Gasteiger partial charge in [0.05, 0.1) is 11.5 Å². The lowest BCUT2D eigenvalue weighted by atomic mass is 10.1. The van der Waals surface area contributed by atoms with Crippen LogP contribution in [0.3, 0.4) is 0 Å². The minimum Gasteiger partial charge on any atom is -0.357 e. The fourth-order valence-electron chi connectivity index (χ4n) is 2.26. The third-order valence-corrected chi connectivity index (χ3v) is 5.01.